The monoisotopic (exact) mass is 417 g/mol. The van der Waals surface area contributed by atoms with Gasteiger partial charge in [-0.3, -0.25) is 4.79 Å². The molecule has 30 heavy (non-hydrogen) atoms. The molecule has 2 heterocycles. The van der Waals surface area contributed by atoms with Gasteiger partial charge in [-0.2, -0.15) is 4.68 Å². The Hall–Kier alpha value is -3.78. The molecule has 2 aromatic carbocycles. The van der Waals surface area contributed by atoms with E-state index in [1.54, 1.807) is 18.2 Å². The van der Waals surface area contributed by atoms with Crippen LogP contribution in [0.2, 0.25) is 0 Å². The molecule has 0 bridgehead atoms. The zero-order valence-electron chi connectivity index (χ0n) is 16.2. The van der Waals surface area contributed by atoms with Gasteiger partial charge >= 0.3 is 0 Å². The summed E-state index contributed by atoms with van der Waals surface area (Å²) in [5, 5.41) is 16.9. The second-order valence-electron chi connectivity index (χ2n) is 6.24. The van der Waals surface area contributed by atoms with E-state index in [2.05, 4.69) is 20.8 Å². The van der Waals surface area contributed by atoms with Crippen LogP contribution in [0.15, 0.2) is 72.1 Å². The molecule has 0 fully saturated rings. The summed E-state index contributed by atoms with van der Waals surface area (Å²) in [5.74, 6) is 0.911. The number of amides is 1. The molecule has 2 aromatic heterocycles. The highest BCUT2D eigenvalue weighted by molar-refractivity contribution is 7.10. The SMILES string of the molecule is CCOc1ccc(NC(=O)/C(=C/c2cccs2)n2nnnc2-c2ccccc2)cc1. The van der Waals surface area contributed by atoms with Gasteiger partial charge in [0.25, 0.3) is 5.91 Å². The Morgan fingerprint density at radius 1 is 1.10 bits per heavy atom. The Morgan fingerprint density at radius 3 is 2.60 bits per heavy atom. The Bertz CT molecular complexity index is 1140. The number of hydrogen-bond acceptors (Lipinski definition) is 6. The third kappa shape index (κ3) is 4.44. The number of thiophene rings is 1. The average molecular weight is 417 g/mol. The van der Waals surface area contributed by atoms with Crippen LogP contribution < -0.4 is 10.1 Å². The van der Waals surface area contributed by atoms with Gasteiger partial charge in [-0.05, 0) is 59.1 Å². The number of nitrogens with one attached hydrogen (secondary N) is 1. The minimum Gasteiger partial charge on any atom is -0.494 e. The van der Waals surface area contributed by atoms with Crippen LogP contribution >= 0.6 is 11.3 Å². The van der Waals surface area contributed by atoms with Gasteiger partial charge in [0.1, 0.15) is 11.4 Å². The zero-order chi connectivity index (χ0) is 20.8. The standard InChI is InChI=1S/C22H19N5O2S/c1-2-29-18-12-10-17(11-13-18)23-22(28)20(15-19-9-6-14-30-19)27-21(24-25-26-27)16-7-4-3-5-8-16/h3-15H,2H2,1H3,(H,23,28)/b20-15-. The molecule has 4 rings (SSSR count). The van der Waals surface area contributed by atoms with Crippen molar-refractivity contribution in [2.24, 2.45) is 0 Å². The van der Waals surface area contributed by atoms with E-state index < -0.39 is 0 Å². The molecule has 0 aliphatic carbocycles. The molecular formula is C22H19N5O2S. The lowest BCUT2D eigenvalue weighted by atomic mass is 10.2. The number of carbonyl (C=O) groups excluding carboxylic acids is 1. The van der Waals surface area contributed by atoms with Crippen molar-refractivity contribution in [3.05, 3.63) is 77.0 Å². The topological polar surface area (TPSA) is 81.9 Å². The molecule has 0 radical (unpaired) electrons. The van der Waals surface area contributed by atoms with Gasteiger partial charge in [0.05, 0.1) is 6.61 Å². The summed E-state index contributed by atoms with van der Waals surface area (Å²) in [5.41, 5.74) is 1.78. The van der Waals surface area contributed by atoms with Crippen molar-refractivity contribution in [1.82, 2.24) is 20.2 Å². The van der Waals surface area contributed by atoms with Crippen molar-refractivity contribution in [3.8, 4) is 17.1 Å². The highest BCUT2D eigenvalue weighted by atomic mass is 32.1. The average Bonchev–Trinajstić information content (AvgIpc) is 3.46. The van der Waals surface area contributed by atoms with Crippen molar-refractivity contribution in [1.29, 1.82) is 0 Å². The number of nitrogens with zero attached hydrogens (tertiary/aromatic N) is 4. The van der Waals surface area contributed by atoms with Crippen molar-refractivity contribution >= 4 is 34.7 Å². The summed E-state index contributed by atoms with van der Waals surface area (Å²) >= 11 is 1.53. The van der Waals surface area contributed by atoms with E-state index in [0.29, 0.717) is 23.8 Å². The number of tetrazole rings is 1. The highest BCUT2D eigenvalue weighted by Crippen LogP contribution is 2.23. The minimum atomic E-state index is -0.322. The molecule has 7 nitrogen and oxygen atoms in total. The van der Waals surface area contributed by atoms with Crippen LogP contribution in [0, 0.1) is 0 Å². The van der Waals surface area contributed by atoms with Gasteiger partial charge in [-0.25, -0.2) is 0 Å². The first-order chi connectivity index (χ1) is 14.7. The van der Waals surface area contributed by atoms with E-state index in [-0.39, 0.29) is 5.91 Å². The second kappa shape index (κ2) is 9.15. The summed E-state index contributed by atoms with van der Waals surface area (Å²) < 4.78 is 6.91. The van der Waals surface area contributed by atoms with E-state index >= 15 is 0 Å². The molecule has 1 amide bonds. The number of carbonyl (C=O) groups is 1. The van der Waals surface area contributed by atoms with Crippen LogP contribution in [-0.4, -0.2) is 32.7 Å². The molecule has 4 aromatic rings. The predicted octanol–water partition coefficient (Wildman–Crippen LogP) is 4.44. The predicted molar refractivity (Wildman–Crippen MR) is 118 cm³/mol. The Morgan fingerprint density at radius 2 is 1.90 bits per heavy atom. The number of ether oxygens (including phenoxy) is 1. The summed E-state index contributed by atoms with van der Waals surface area (Å²) in [4.78, 5) is 14.1. The van der Waals surface area contributed by atoms with Crippen LogP contribution in [0.3, 0.4) is 0 Å². The fourth-order valence-corrected chi connectivity index (χ4v) is 3.49. The fraction of sp³-hybridized carbons (Fsp3) is 0.0909. The third-order valence-corrected chi connectivity index (χ3v) is 5.03. The van der Waals surface area contributed by atoms with E-state index in [9.17, 15) is 4.79 Å². The van der Waals surface area contributed by atoms with Crippen molar-refractivity contribution in [2.75, 3.05) is 11.9 Å². The van der Waals surface area contributed by atoms with Gasteiger partial charge in [0.2, 0.25) is 0 Å². The lowest BCUT2D eigenvalue weighted by molar-refractivity contribution is -0.111. The largest absolute Gasteiger partial charge is 0.494 e. The van der Waals surface area contributed by atoms with Crippen molar-refractivity contribution in [3.63, 3.8) is 0 Å². The van der Waals surface area contributed by atoms with Gasteiger partial charge < -0.3 is 10.1 Å². The Balaban J connectivity index is 1.68. The van der Waals surface area contributed by atoms with E-state index in [1.165, 1.54) is 16.0 Å². The molecule has 1 N–H and O–H groups in total. The van der Waals surface area contributed by atoms with Gasteiger partial charge in [0, 0.05) is 16.1 Å². The second-order valence-corrected chi connectivity index (χ2v) is 7.22. The zero-order valence-corrected chi connectivity index (χ0v) is 17.0. The lowest BCUT2D eigenvalue weighted by Gasteiger charge is -2.11. The fourth-order valence-electron chi connectivity index (χ4n) is 2.84. The molecule has 0 aliphatic rings. The van der Waals surface area contributed by atoms with Gasteiger partial charge in [0.15, 0.2) is 5.82 Å². The molecule has 0 unspecified atom stereocenters. The number of hydrogen-bond donors (Lipinski definition) is 1. The Labute approximate surface area is 177 Å². The van der Waals surface area contributed by atoms with Crippen molar-refractivity contribution in [2.45, 2.75) is 6.92 Å². The summed E-state index contributed by atoms with van der Waals surface area (Å²) in [6.45, 7) is 2.51. The van der Waals surface area contributed by atoms with Crippen LogP contribution in [-0.2, 0) is 4.79 Å². The molecule has 0 aliphatic heterocycles. The van der Waals surface area contributed by atoms with Gasteiger partial charge in [-0.1, -0.05) is 36.4 Å². The molecule has 0 saturated heterocycles. The normalized spacial score (nSPS) is 11.3. The first-order valence-corrected chi connectivity index (χ1v) is 10.3. The van der Waals surface area contributed by atoms with Crippen molar-refractivity contribution < 1.29 is 9.53 Å². The van der Waals surface area contributed by atoms with Gasteiger partial charge in [-0.15, -0.1) is 16.4 Å². The lowest BCUT2D eigenvalue weighted by Crippen LogP contribution is -2.19. The van der Waals surface area contributed by atoms with E-state index in [0.717, 1.165) is 16.2 Å². The molecule has 0 spiro atoms. The summed E-state index contributed by atoms with van der Waals surface area (Å²) in [7, 11) is 0. The third-order valence-electron chi connectivity index (χ3n) is 4.21. The maximum atomic E-state index is 13.2. The maximum absolute atomic E-state index is 13.2. The van der Waals surface area contributed by atoms with Crippen LogP contribution in [0.5, 0.6) is 5.75 Å². The number of anilines is 1. The molecule has 150 valence electrons. The number of aromatic nitrogens is 4. The smallest absolute Gasteiger partial charge is 0.274 e. The molecular weight excluding hydrogens is 398 g/mol. The van der Waals surface area contributed by atoms with Crippen LogP contribution in [0.4, 0.5) is 5.69 Å². The molecule has 8 heteroatoms. The highest BCUT2D eigenvalue weighted by Gasteiger charge is 2.19. The van der Waals surface area contributed by atoms with E-state index in [4.69, 9.17) is 4.74 Å². The quantitative estimate of drug-likeness (QED) is 0.450. The summed E-state index contributed by atoms with van der Waals surface area (Å²) in [6.07, 6.45) is 1.78. The number of benzene rings is 2. The molecule has 0 saturated carbocycles. The van der Waals surface area contributed by atoms with Crippen LogP contribution in [0.25, 0.3) is 23.2 Å². The molecule has 0 atom stereocenters. The Kier molecular flexibility index (Phi) is 5.95. The van der Waals surface area contributed by atoms with Crippen LogP contribution in [0.1, 0.15) is 11.8 Å². The first-order valence-electron chi connectivity index (χ1n) is 9.38. The minimum absolute atomic E-state index is 0.315. The van der Waals surface area contributed by atoms with E-state index in [1.807, 2.05) is 66.9 Å². The number of rotatable bonds is 7. The maximum Gasteiger partial charge on any atom is 0.274 e. The first kappa shape index (κ1) is 19.5. The summed E-state index contributed by atoms with van der Waals surface area (Å²) in [6, 6.07) is 20.6.